The predicted molar refractivity (Wildman–Crippen MR) is 75.6 cm³/mol. The molecule has 1 amide bonds. The van der Waals surface area contributed by atoms with E-state index in [0.29, 0.717) is 19.1 Å². The molecule has 1 saturated carbocycles. The Morgan fingerprint density at radius 2 is 2.05 bits per heavy atom. The SMILES string of the molecule is Cc1ccc2c(c1)N(C(=O)C1CCCCC1)CCO2. The van der Waals surface area contributed by atoms with Gasteiger partial charge in [-0.25, -0.2) is 0 Å². The van der Waals surface area contributed by atoms with Crippen LogP contribution in [0.2, 0.25) is 0 Å². The summed E-state index contributed by atoms with van der Waals surface area (Å²) in [7, 11) is 0. The van der Waals surface area contributed by atoms with Crippen molar-refractivity contribution in [3.8, 4) is 5.75 Å². The van der Waals surface area contributed by atoms with Crippen molar-refractivity contribution < 1.29 is 9.53 Å². The fraction of sp³-hybridized carbons (Fsp3) is 0.562. The molecule has 3 rings (SSSR count). The first kappa shape index (κ1) is 12.5. The van der Waals surface area contributed by atoms with Crippen molar-refractivity contribution in [2.75, 3.05) is 18.1 Å². The van der Waals surface area contributed by atoms with Crippen LogP contribution in [0.5, 0.6) is 5.75 Å². The number of benzene rings is 1. The zero-order chi connectivity index (χ0) is 13.2. The van der Waals surface area contributed by atoms with Crippen LogP contribution in [0.4, 0.5) is 5.69 Å². The van der Waals surface area contributed by atoms with Gasteiger partial charge in [-0.3, -0.25) is 4.79 Å². The van der Waals surface area contributed by atoms with Gasteiger partial charge in [0.05, 0.1) is 12.2 Å². The molecule has 3 heteroatoms. The van der Waals surface area contributed by atoms with Gasteiger partial charge in [0.15, 0.2) is 0 Å². The average molecular weight is 259 g/mol. The van der Waals surface area contributed by atoms with E-state index in [1.54, 1.807) is 0 Å². The zero-order valence-electron chi connectivity index (χ0n) is 11.5. The molecule has 1 fully saturated rings. The smallest absolute Gasteiger partial charge is 0.230 e. The predicted octanol–water partition coefficient (Wildman–Crippen LogP) is 3.30. The highest BCUT2D eigenvalue weighted by molar-refractivity contribution is 5.97. The summed E-state index contributed by atoms with van der Waals surface area (Å²) >= 11 is 0. The molecular weight excluding hydrogens is 238 g/mol. The Labute approximate surface area is 114 Å². The van der Waals surface area contributed by atoms with Crippen molar-refractivity contribution in [2.24, 2.45) is 5.92 Å². The molecule has 0 atom stereocenters. The van der Waals surface area contributed by atoms with E-state index in [4.69, 9.17) is 4.74 Å². The summed E-state index contributed by atoms with van der Waals surface area (Å²) < 4.78 is 5.65. The molecule has 102 valence electrons. The maximum Gasteiger partial charge on any atom is 0.230 e. The topological polar surface area (TPSA) is 29.5 Å². The van der Waals surface area contributed by atoms with Gasteiger partial charge in [0.2, 0.25) is 5.91 Å². The van der Waals surface area contributed by atoms with Crippen LogP contribution >= 0.6 is 0 Å². The molecule has 0 unspecified atom stereocenters. The third kappa shape index (κ3) is 2.46. The third-order valence-electron chi connectivity index (χ3n) is 4.20. The number of fused-ring (bicyclic) bond motifs is 1. The maximum absolute atomic E-state index is 12.7. The summed E-state index contributed by atoms with van der Waals surface area (Å²) in [6, 6.07) is 6.08. The molecule has 0 aromatic heterocycles. The Balaban J connectivity index is 1.86. The number of carbonyl (C=O) groups excluding carboxylic acids is 1. The quantitative estimate of drug-likeness (QED) is 0.774. The van der Waals surface area contributed by atoms with Crippen LogP contribution in [0.25, 0.3) is 0 Å². The molecule has 0 N–H and O–H groups in total. The van der Waals surface area contributed by atoms with Crippen LogP contribution in [0, 0.1) is 12.8 Å². The van der Waals surface area contributed by atoms with Gasteiger partial charge < -0.3 is 9.64 Å². The number of carbonyl (C=O) groups is 1. The zero-order valence-corrected chi connectivity index (χ0v) is 11.5. The molecule has 0 radical (unpaired) electrons. The van der Waals surface area contributed by atoms with Crippen molar-refractivity contribution in [2.45, 2.75) is 39.0 Å². The second-order valence-corrected chi connectivity index (χ2v) is 5.64. The molecule has 1 aromatic carbocycles. The Kier molecular flexibility index (Phi) is 3.45. The van der Waals surface area contributed by atoms with Gasteiger partial charge in [-0.05, 0) is 37.5 Å². The average Bonchev–Trinajstić information content (AvgIpc) is 2.47. The van der Waals surface area contributed by atoms with Crippen LogP contribution in [-0.4, -0.2) is 19.1 Å². The lowest BCUT2D eigenvalue weighted by atomic mass is 9.88. The second-order valence-electron chi connectivity index (χ2n) is 5.64. The summed E-state index contributed by atoms with van der Waals surface area (Å²) in [5.41, 5.74) is 2.13. The van der Waals surface area contributed by atoms with Crippen LogP contribution < -0.4 is 9.64 Å². The highest BCUT2D eigenvalue weighted by Crippen LogP contribution is 2.35. The first-order valence-corrected chi connectivity index (χ1v) is 7.30. The van der Waals surface area contributed by atoms with Crippen LogP contribution in [-0.2, 0) is 4.79 Å². The molecule has 2 aliphatic rings. The van der Waals surface area contributed by atoms with Crippen molar-refractivity contribution in [1.29, 1.82) is 0 Å². The number of hydrogen-bond donors (Lipinski definition) is 0. The lowest BCUT2D eigenvalue weighted by molar-refractivity contribution is -0.123. The minimum atomic E-state index is 0.222. The third-order valence-corrected chi connectivity index (χ3v) is 4.20. The van der Waals surface area contributed by atoms with Crippen LogP contribution in [0.1, 0.15) is 37.7 Å². The molecule has 1 heterocycles. The minimum Gasteiger partial charge on any atom is -0.490 e. The molecule has 1 aromatic rings. The molecule has 0 saturated heterocycles. The Bertz CT molecular complexity index is 478. The number of anilines is 1. The first-order chi connectivity index (χ1) is 9.25. The van der Waals surface area contributed by atoms with Gasteiger partial charge >= 0.3 is 0 Å². The Hall–Kier alpha value is -1.51. The second kappa shape index (κ2) is 5.24. The Morgan fingerprint density at radius 1 is 1.26 bits per heavy atom. The summed E-state index contributed by atoms with van der Waals surface area (Å²) in [6.07, 6.45) is 5.78. The lowest BCUT2D eigenvalue weighted by Gasteiger charge is -2.33. The highest BCUT2D eigenvalue weighted by Gasteiger charge is 2.30. The fourth-order valence-corrected chi connectivity index (χ4v) is 3.13. The van der Waals surface area contributed by atoms with E-state index in [2.05, 4.69) is 13.0 Å². The van der Waals surface area contributed by atoms with Gasteiger partial charge in [0.25, 0.3) is 0 Å². The summed E-state index contributed by atoms with van der Waals surface area (Å²) in [4.78, 5) is 14.6. The van der Waals surface area contributed by atoms with E-state index in [-0.39, 0.29) is 5.92 Å². The van der Waals surface area contributed by atoms with Gasteiger partial charge in [-0.1, -0.05) is 25.3 Å². The van der Waals surface area contributed by atoms with Crippen molar-refractivity contribution in [3.05, 3.63) is 23.8 Å². The summed E-state index contributed by atoms with van der Waals surface area (Å²) in [5.74, 6) is 1.37. The van der Waals surface area contributed by atoms with Gasteiger partial charge in [0, 0.05) is 5.92 Å². The van der Waals surface area contributed by atoms with E-state index in [1.165, 1.54) is 24.8 Å². The molecule has 19 heavy (non-hydrogen) atoms. The van der Waals surface area contributed by atoms with E-state index in [9.17, 15) is 4.79 Å². The van der Waals surface area contributed by atoms with E-state index >= 15 is 0 Å². The summed E-state index contributed by atoms with van der Waals surface area (Å²) in [6.45, 7) is 3.35. The van der Waals surface area contributed by atoms with Crippen molar-refractivity contribution >= 4 is 11.6 Å². The molecule has 1 aliphatic heterocycles. The highest BCUT2D eigenvalue weighted by atomic mass is 16.5. The van der Waals surface area contributed by atoms with E-state index in [0.717, 1.165) is 24.3 Å². The monoisotopic (exact) mass is 259 g/mol. The van der Waals surface area contributed by atoms with E-state index in [1.807, 2.05) is 17.0 Å². The van der Waals surface area contributed by atoms with Gasteiger partial charge in [0.1, 0.15) is 12.4 Å². The lowest BCUT2D eigenvalue weighted by Crippen LogP contribution is -2.42. The van der Waals surface area contributed by atoms with Crippen LogP contribution in [0.3, 0.4) is 0 Å². The van der Waals surface area contributed by atoms with Crippen molar-refractivity contribution in [1.82, 2.24) is 0 Å². The van der Waals surface area contributed by atoms with Gasteiger partial charge in [-0.15, -0.1) is 0 Å². The Morgan fingerprint density at radius 3 is 2.84 bits per heavy atom. The molecule has 0 spiro atoms. The summed E-state index contributed by atoms with van der Waals surface area (Å²) in [5, 5.41) is 0. The number of nitrogens with zero attached hydrogens (tertiary/aromatic N) is 1. The van der Waals surface area contributed by atoms with Gasteiger partial charge in [-0.2, -0.15) is 0 Å². The minimum absolute atomic E-state index is 0.222. The molecular formula is C16H21NO2. The normalized spacial score (nSPS) is 19.7. The number of hydrogen-bond acceptors (Lipinski definition) is 2. The standard InChI is InChI=1S/C16H21NO2/c1-12-7-8-15-14(11-12)17(9-10-19-15)16(18)13-5-3-2-4-6-13/h7-8,11,13H,2-6,9-10H2,1H3. The largest absolute Gasteiger partial charge is 0.490 e. The van der Waals surface area contributed by atoms with E-state index < -0.39 is 0 Å². The first-order valence-electron chi connectivity index (χ1n) is 7.30. The number of rotatable bonds is 1. The number of amides is 1. The van der Waals surface area contributed by atoms with Crippen LogP contribution in [0.15, 0.2) is 18.2 Å². The number of aryl methyl sites for hydroxylation is 1. The molecule has 1 aliphatic carbocycles. The van der Waals surface area contributed by atoms with Crippen molar-refractivity contribution in [3.63, 3.8) is 0 Å². The fourth-order valence-electron chi connectivity index (χ4n) is 3.13. The molecule has 0 bridgehead atoms. The number of ether oxygens (including phenoxy) is 1. The maximum atomic E-state index is 12.7. The molecule has 3 nitrogen and oxygen atoms in total.